The Morgan fingerprint density at radius 2 is 2.00 bits per heavy atom. The summed E-state index contributed by atoms with van der Waals surface area (Å²) in [6, 6.07) is 6.31. The Morgan fingerprint density at radius 1 is 1.32 bits per heavy atom. The SMILES string of the molecule is Cc1sc2c(c1C)C(O)=C(C(=O)Nc1cccc(Cl)c1)S(=O)(=O)N2C. The lowest BCUT2D eigenvalue weighted by Crippen LogP contribution is -2.36. The van der Waals surface area contributed by atoms with E-state index in [4.69, 9.17) is 11.6 Å². The summed E-state index contributed by atoms with van der Waals surface area (Å²) in [4.78, 5) is 12.8. The quantitative estimate of drug-likeness (QED) is 0.808. The van der Waals surface area contributed by atoms with Crippen LogP contribution >= 0.6 is 22.9 Å². The molecule has 2 heterocycles. The molecule has 0 spiro atoms. The summed E-state index contributed by atoms with van der Waals surface area (Å²) in [5.41, 5.74) is 1.45. The van der Waals surface area contributed by atoms with Crippen LogP contribution in [0.4, 0.5) is 10.7 Å². The van der Waals surface area contributed by atoms with E-state index in [1.54, 1.807) is 25.1 Å². The summed E-state index contributed by atoms with van der Waals surface area (Å²) in [6.45, 7) is 3.61. The molecule has 1 aliphatic rings. The summed E-state index contributed by atoms with van der Waals surface area (Å²) in [6.07, 6.45) is 0. The second kappa shape index (κ2) is 6.05. The van der Waals surface area contributed by atoms with Crippen molar-refractivity contribution < 1.29 is 18.3 Å². The van der Waals surface area contributed by atoms with Gasteiger partial charge in [-0.1, -0.05) is 17.7 Å². The van der Waals surface area contributed by atoms with Crippen LogP contribution < -0.4 is 9.62 Å². The minimum absolute atomic E-state index is 0.333. The van der Waals surface area contributed by atoms with Crippen LogP contribution in [0.2, 0.25) is 5.02 Å². The lowest BCUT2D eigenvalue weighted by atomic mass is 10.1. The Morgan fingerprint density at radius 3 is 2.64 bits per heavy atom. The molecule has 132 valence electrons. The highest BCUT2D eigenvalue weighted by atomic mass is 35.5. The highest BCUT2D eigenvalue weighted by molar-refractivity contribution is 7.98. The van der Waals surface area contributed by atoms with Crippen molar-refractivity contribution in [1.29, 1.82) is 0 Å². The smallest absolute Gasteiger partial charge is 0.273 e. The third-order valence-electron chi connectivity index (χ3n) is 4.01. The number of benzene rings is 1. The number of amides is 1. The molecule has 0 fully saturated rings. The monoisotopic (exact) mass is 398 g/mol. The zero-order valence-corrected chi connectivity index (χ0v) is 16.0. The van der Waals surface area contributed by atoms with Gasteiger partial charge in [0.15, 0.2) is 10.7 Å². The van der Waals surface area contributed by atoms with Crippen molar-refractivity contribution in [2.45, 2.75) is 13.8 Å². The number of fused-ring (bicyclic) bond motifs is 1. The van der Waals surface area contributed by atoms with Crippen LogP contribution in [0.25, 0.3) is 5.76 Å². The Bertz CT molecular complexity index is 1020. The fourth-order valence-electron chi connectivity index (χ4n) is 2.57. The number of rotatable bonds is 2. The second-order valence-corrected chi connectivity index (χ2v) is 9.12. The Kier molecular flexibility index (Phi) is 4.30. The number of aryl methyl sites for hydroxylation is 1. The molecule has 0 bridgehead atoms. The van der Waals surface area contributed by atoms with E-state index in [0.29, 0.717) is 21.3 Å². The third kappa shape index (κ3) is 2.80. The number of anilines is 2. The van der Waals surface area contributed by atoms with Crippen molar-refractivity contribution in [2.24, 2.45) is 0 Å². The minimum atomic E-state index is -4.17. The van der Waals surface area contributed by atoms with Gasteiger partial charge < -0.3 is 10.4 Å². The van der Waals surface area contributed by atoms with Crippen LogP contribution in [0, 0.1) is 13.8 Å². The predicted octanol–water partition coefficient (Wildman–Crippen LogP) is 3.66. The van der Waals surface area contributed by atoms with Gasteiger partial charge in [-0.25, -0.2) is 8.42 Å². The fourth-order valence-corrected chi connectivity index (χ4v) is 5.41. The van der Waals surface area contributed by atoms with Crippen LogP contribution in [0.15, 0.2) is 29.2 Å². The average Bonchev–Trinajstić information content (AvgIpc) is 2.81. The van der Waals surface area contributed by atoms with Gasteiger partial charge >= 0.3 is 0 Å². The molecular weight excluding hydrogens is 384 g/mol. The summed E-state index contributed by atoms with van der Waals surface area (Å²) in [7, 11) is -2.81. The number of nitrogens with one attached hydrogen (secondary N) is 1. The largest absolute Gasteiger partial charge is 0.506 e. The first-order chi connectivity index (χ1) is 11.6. The first-order valence-corrected chi connectivity index (χ1v) is 9.87. The molecule has 6 nitrogen and oxygen atoms in total. The number of nitrogens with zero attached hydrogens (tertiary/aromatic N) is 1. The molecule has 1 aromatic heterocycles. The number of aliphatic hydroxyl groups is 1. The lowest BCUT2D eigenvalue weighted by Gasteiger charge is -2.26. The Hall–Kier alpha value is -2.03. The van der Waals surface area contributed by atoms with E-state index < -0.39 is 26.6 Å². The maximum Gasteiger partial charge on any atom is 0.273 e. The number of hydrogen-bond donors (Lipinski definition) is 2. The molecule has 0 radical (unpaired) electrons. The molecule has 0 unspecified atom stereocenters. The van der Waals surface area contributed by atoms with Gasteiger partial charge in [-0.15, -0.1) is 11.3 Å². The van der Waals surface area contributed by atoms with Gasteiger partial charge in [0.25, 0.3) is 15.9 Å². The number of sulfonamides is 1. The summed E-state index contributed by atoms with van der Waals surface area (Å²) in [5, 5.41) is 13.8. The van der Waals surface area contributed by atoms with Crippen molar-refractivity contribution in [3.05, 3.63) is 50.2 Å². The normalized spacial score (nSPS) is 15.9. The van der Waals surface area contributed by atoms with Gasteiger partial charge in [-0.05, 0) is 37.6 Å². The van der Waals surface area contributed by atoms with Crippen molar-refractivity contribution in [1.82, 2.24) is 0 Å². The number of carbonyl (C=O) groups excluding carboxylic acids is 1. The van der Waals surface area contributed by atoms with Gasteiger partial charge in [0.05, 0.1) is 5.56 Å². The van der Waals surface area contributed by atoms with E-state index >= 15 is 0 Å². The molecule has 0 saturated carbocycles. The first-order valence-electron chi connectivity index (χ1n) is 7.24. The van der Waals surface area contributed by atoms with E-state index in [2.05, 4.69) is 5.32 Å². The highest BCUT2D eigenvalue weighted by Gasteiger charge is 2.41. The number of aliphatic hydroxyl groups excluding tert-OH is 1. The van der Waals surface area contributed by atoms with Gasteiger partial charge in [0.1, 0.15) is 5.00 Å². The fraction of sp³-hybridized carbons (Fsp3) is 0.188. The summed E-state index contributed by atoms with van der Waals surface area (Å²) in [5.74, 6) is -1.45. The zero-order valence-electron chi connectivity index (χ0n) is 13.6. The molecule has 1 aromatic carbocycles. The molecule has 0 saturated heterocycles. The topological polar surface area (TPSA) is 86.7 Å². The molecule has 0 atom stereocenters. The van der Waals surface area contributed by atoms with E-state index in [0.717, 1.165) is 14.7 Å². The van der Waals surface area contributed by atoms with E-state index in [1.807, 2.05) is 6.92 Å². The van der Waals surface area contributed by atoms with E-state index in [-0.39, 0.29) is 0 Å². The van der Waals surface area contributed by atoms with Crippen LogP contribution in [-0.2, 0) is 14.8 Å². The van der Waals surface area contributed by atoms with Crippen LogP contribution in [0.5, 0.6) is 0 Å². The van der Waals surface area contributed by atoms with E-state index in [1.165, 1.54) is 24.5 Å². The molecular formula is C16H15ClN2O4S2. The van der Waals surface area contributed by atoms with E-state index in [9.17, 15) is 18.3 Å². The number of carbonyl (C=O) groups is 1. The molecule has 25 heavy (non-hydrogen) atoms. The lowest BCUT2D eigenvalue weighted by molar-refractivity contribution is -0.112. The standard InChI is InChI=1S/C16H15ClN2O4S2/c1-8-9(2)24-16-12(8)13(20)14(25(22,23)19(16)3)15(21)18-11-6-4-5-10(17)7-11/h4-7,20H,1-3H3,(H,18,21). The molecule has 1 aliphatic heterocycles. The summed E-state index contributed by atoms with van der Waals surface area (Å²) >= 11 is 7.13. The van der Waals surface area contributed by atoms with Gasteiger partial charge in [-0.3, -0.25) is 9.10 Å². The number of thiophene rings is 1. The molecule has 2 aromatic rings. The van der Waals surface area contributed by atoms with Gasteiger partial charge in [-0.2, -0.15) is 0 Å². The average molecular weight is 399 g/mol. The third-order valence-corrected chi connectivity index (χ3v) is 7.44. The zero-order chi connectivity index (χ0) is 18.5. The van der Waals surface area contributed by atoms with Crippen molar-refractivity contribution in [3.8, 4) is 0 Å². The summed E-state index contributed by atoms with van der Waals surface area (Å²) < 4.78 is 26.5. The van der Waals surface area contributed by atoms with Crippen LogP contribution in [0.1, 0.15) is 16.0 Å². The molecule has 9 heteroatoms. The maximum atomic E-state index is 12.7. The molecule has 1 amide bonds. The minimum Gasteiger partial charge on any atom is -0.506 e. The number of halogens is 1. The van der Waals surface area contributed by atoms with Gasteiger partial charge in [0, 0.05) is 22.6 Å². The Labute approximate surface area is 154 Å². The van der Waals surface area contributed by atoms with Crippen molar-refractivity contribution >= 4 is 55.3 Å². The molecule has 2 N–H and O–H groups in total. The molecule has 3 rings (SSSR count). The maximum absolute atomic E-state index is 12.7. The number of hydrogen-bond acceptors (Lipinski definition) is 5. The van der Waals surface area contributed by atoms with Crippen molar-refractivity contribution in [3.63, 3.8) is 0 Å². The van der Waals surface area contributed by atoms with Crippen LogP contribution in [0.3, 0.4) is 0 Å². The van der Waals surface area contributed by atoms with Crippen LogP contribution in [-0.4, -0.2) is 26.5 Å². The first kappa shape index (κ1) is 17.8. The second-order valence-electron chi connectivity index (χ2n) is 5.58. The predicted molar refractivity (Wildman–Crippen MR) is 101 cm³/mol. The highest BCUT2D eigenvalue weighted by Crippen LogP contribution is 2.45. The Balaban J connectivity index is 2.14. The molecule has 0 aliphatic carbocycles. The van der Waals surface area contributed by atoms with Crippen molar-refractivity contribution in [2.75, 3.05) is 16.7 Å². The van der Waals surface area contributed by atoms with Gasteiger partial charge in [0.2, 0.25) is 0 Å².